The van der Waals surface area contributed by atoms with E-state index in [4.69, 9.17) is 4.42 Å². The molecule has 5 aromatic carbocycles. The minimum absolute atomic E-state index is 0.251. The summed E-state index contributed by atoms with van der Waals surface area (Å²) in [6, 6.07) is 31.9. The van der Waals surface area contributed by atoms with Crippen molar-refractivity contribution in [3.63, 3.8) is 0 Å². The average molecular weight is 568 g/mol. The van der Waals surface area contributed by atoms with Crippen LogP contribution < -0.4 is 10.6 Å². The van der Waals surface area contributed by atoms with Gasteiger partial charge in [0.2, 0.25) is 0 Å². The van der Waals surface area contributed by atoms with E-state index >= 15 is 0 Å². The minimum Gasteiger partial charge on any atom is -0.478 e. The maximum absolute atomic E-state index is 12.3. The molecule has 0 saturated heterocycles. The number of fused-ring (bicyclic) bond motifs is 2. The number of aromatic carboxylic acids is 1. The molecule has 5 nitrogen and oxygen atoms in total. The highest BCUT2D eigenvalue weighted by atomic mass is 16.4. The van der Waals surface area contributed by atoms with Gasteiger partial charge in [0.05, 0.1) is 28.5 Å². The summed E-state index contributed by atoms with van der Waals surface area (Å²) in [4.78, 5) is 12.3. The van der Waals surface area contributed by atoms with Gasteiger partial charge >= 0.3 is 17.1 Å². The number of nitrogens with one attached hydrogen (secondary N) is 2. The van der Waals surface area contributed by atoms with Gasteiger partial charge in [-0.3, -0.25) is 0 Å². The average Bonchev–Trinajstić information content (AvgIpc) is 3.01. The van der Waals surface area contributed by atoms with Gasteiger partial charge in [-0.1, -0.05) is 68.4 Å². The zero-order chi connectivity index (χ0) is 30.1. The van der Waals surface area contributed by atoms with E-state index in [0.29, 0.717) is 16.7 Å². The molecule has 43 heavy (non-hydrogen) atoms. The number of rotatable bonds is 8. The van der Waals surface area contributed by atoms with Crippen LogP contribution in [0.15, 0.2) is 101 Å². The fourth-order valence-corrected chi connectivity index (χ4v) is 5.92. The summed E-state index contributed by atoms with van der Waals surface area (Å²) < 4.78 is 6.61. The van der Waals surface area contributed by atoms with Crippen molar-refractivity contribution in [3.05, 3.63) is 125 Å². The van der Waals surface area contributed by atoms with Crippen LogP contribution in [0.5, 0.6) is 0 Å². The molecule has 1 heterocycles. The number of carbonyl (C=O) groups is 1. The molecule has 0 amide bonds. The highest BCUT2D eigenvalue weighted by molar-refractivity contribution is 6.12. The largest absolute Gasteiger partial charge is 0.478 e. The van der Waals surface area contributed by atoms with Crippen LogP contribution in [-0.2, 0) is 12.8 Å². The Kier molecular flexibility index (Phi) is 7.56. The second-order valence-electron chi connectivity index (χ2n) is 10.9. The molecular formula is C38H35N2O3+. The third-order valence-corrected chi connectivity index (χ3v) is 8.17. The Balaban J connectivity index is 1.56. The topological polar surface area (TPSA) is 72.7 Å². The van der Waals surface area contributed by atoms with Crippen LogP contribution in [0.4, 0.5) is 22.7 Å². The van der Waals surface area contributed by atoms with Crippen molar-refractivity contribution < 1.29 is 14.3 Å². The van der Waals surface area contributed by atoms with E-state index in [-0.39, 0.29) is 5.56 Å². The van der Waals surface area contributed by atoms with Crippen LogP contribution in [0.1, 0.15) is 46.5 Å². The standard InChI is InChI=1S/C38H34N2O3/c1-5-25-13-9-11-23(3)36(25)39-27-17-19-31-33(21-27)43-34-22-28(40-37-24(4)12-10-14-26(37)6-2)18-20-32(34)35(31)29-15-7-8-16-30(29)38(41)42/h7-22,39-40H,5-6H2,1-4H3/p+1. The van der Waals surface area contributed by atoms with Gasteiger partial charge in [0.1, 0.15) is 0 Å². The minimum atomic E-state index is -0.965. The Morgan fingerprint density at radius 1 is 0.674 bits per heavy atom. The van der Waals surface area contributed by atoms with Gasteiger partial charge in [-0.15, -0.1) is 0 Å². The normalized spacial score (nSPS) is 11.2. The van der Waals surface area contributed by atoms with E-state index in [9.17, 15) is 9.90 Å². The molecule has 6 rings (SSSR count). The van der Waals surface area contributed by atoms with Crippen LogP contribution in [0, 0.1) is 13.8 Å². The first-order chi connectivity index (χ1) is 20.9. The molecule has 5 heteroatoms. The van der Waals surface area contributed by atoms with Gasteiger partial charge in [0.25, 0.3) is 0 Å². The van der Waals surface area contributed by atoms with E-state index < -0.39 is 5.97 Å². The number of para-hydroxylation sites is 2. The van der Waals surface area contributed by atoms with Gasteiger partial charge in [0.15, 0.2) is 0 Å². The van der Waals surface area contributed by atoms with Crippen molar-refractivity contribution in [2.45, 2.75) is 40.5 Å². The van der Waals surface area contributed by atoms with Gasteiger partial charge in [-0.2, -0.15) is 0 Å². The number of carboxylic acids is 1. The van der Waals surface area contributed by atoms with Crippen molar-refractivity contribution in [2.24, 2.45) is 0 Å². The molecule has 0 saturated carbocycles. The van der Waals surface area contributed by atoms with Gasteiger partial charge in [-0.05, 0) is 84.8 Å². The first-order valence-corrected chi connectivity index (χ1v) is 14.7. The van der Waals surface area contributed by atoms with Crippen LogP contribution in [0.25, 0.3) is 33.1 Å². The fraction of sp³-hybridized carbons (Fsp3) is 0.158. The van der Waals surface area contributed by atoms with Crippen LogP contribution in [0.2, 0.25) is 0 Å². The lowest BCUT2D eigenvalue weighted by Crippen LogP contribution is -2.01. The molecule has 3 N–H and O–H groups in total. The number of anilines is 4. The summed E-state index contributed by atoms with van der Waals surface area (Å²) in [6.45, 7) is 8.52. The molecule has 0 spiro atoms. The molecule has 1 aromatic heterocycles. The molecule has 0 unspecified atom stereocenters. The molecule has 0 atom stereocenters. The molecule has 0 aliphatic rings. The van der Waals surface area contributed by atoms with Gasteiger partial charge in [0, 0.05) is 28.3 Å². The monoisotopic (exact) mass is 567 g/mol. The van der Waals surface area contributed by atoms with E-state index in [2.05, 4.69) is 74.7 Å². The third kappa shape index (κ3) is 5.30. The highest BCUT2D eigenvalue weighted by Crippen LogP contribution is 2.41. The number of hydrogen-bond donors (Lipinski definition) is 3. The molecule has 214 valence electrons. The van der Waals surface area contributed by atoms with E-state index in [0.717, 1.165) is 51.9 Å². The van der Waals surface area contributed by atoms with Crippen molar-refractivity contribution >= 4 is 50.7 Å². The summed E-state index contributed by atoms with van der Waals surface area (Å²) in [5.74, 6) is -0.965. The predicted octanol–water partition coefficient (Wildman–Crippen LogP) is 10.5. The first-order valence-electron chi connectivity index (χ1n) is 14.7. The molecule has 0 bridgehead atoms. The Hall–Kier alpha value is -5.16. The Bertz CT molecular complexity index is 1900. The lowest BCUT2D eigenvalue weighted by molar-refractivity contribution is 0.0697. The Morgan fingerprint density at radius 3 is 1.67 bits per heavy atom. The zero-order valence-electron chi connectivity index (χ0n) is 24.9. The maximum atomic E-state index is 12.3. The van der Waals surface area contributed by atoms with Gasteiger partial charge < -0.3 is 15.7 Å². The lowest BCUT2D eigenvalue weighted by atomic mass is 9.93. The summed E-state index contributed by atoms with van der Waals surface area (Å²) in [5, 5.41) is 19.0. The van der Waals surface area contributed by atoms with E-state index in [1.165, 1.54) is 22.3 Å². The van der Waals surface area contributed by atoms with Crippen molar-refractivity contribution in [1.29, 1.82) is 0 Å². The van der Waals surface area contributed by atoms with Crippen molar-refractivity contribution in [1.82, 2.24) is 0 Å². The molecule has 6 aromatic rings. The van der Waals surface area contributed by atoms with Crippen LogP contribution in [-0.4, -0.2) is 11.1 Å². The molecule has 0 radical (unpaired) electrons. The van der Waals surface area contributed by atoms with Crippen LogP contribution in [0.3, 0.4) is 0 Å². The predicted molar refractivity (Wildman–Crippen MR) is 178 cm³/mol. The number of benzene rings is 5. The molecular weight excluding hydrogens is 532 g/mol. The second kappa shape index (κ2) is 11.6. The van der Waals surface area contributed by atoms with Crippen molar-refractivity contribution in [2.75, 3.05) is 10.6 Å². The van der Waals surface area contributed by atoms with E-state index in [1.807, 2.05) is 48.5 Å². The van der Waals surface area contributed by atoms with E-state index in [1.54, 1.807) is 12.1 Å². The molecule has 0 fully saturated rings. The Labute approximate surface area is 251 Å². The maximum Gasteiger partial charge on any atom is 0.363 e. The fourth-order valence-electron chi connectivity index (χ4n) is 5.92. The summed E-state index contributed by atoms with van der Waals surface area (Å²) in [7, 11) is 0. The second-order valence-corrected chi connectivity index (χ2v) is 10.9. The zero-order valence-corrected chi connectivity index (χ0v) is 24.9. The third-order valence-electron chi connectivity index (χ3n) is 8.17. The molecule has 0 aliphatic heterocycles. The summed E-state index contributed by atoms with van der Waals surface area (Å²) in [5.41, 5.74) is 11.9. The number of hydrogen-bond acceptors (Lipinski definition) is 3. The number of aryl methyl sites for hydroxylation is 4. The quantitative estimate of drug-likeness (QED) is 0.126. The van der Waals surface area contributed by atoms with Crippen molar-refractivity contribution in [3.8, 4) is 11.1 Å². The van der Waals surface area contributed by atoms with Crippen LogP contribution >= 0.6 is 0 Å². The lowest BCUT2D eigenvalue weighted by Gasteiger charge is -2.15. The SMILES string of the molecule is CCc1cccc(C)c1Nc1ccc2c(-c3ccccc3C(=O)O)c3ccc(Nc4c(C)cccc4CC)cc3[o+]c2c1. The smallest absolute Gasteiger partial charge is 0.363 e. The summed E-state index contributed by atoms with van der Waals surface area (Å²) >= 11 is 0. The highest BCUT2D eigenvalue weighted by Gasteiger charge is 2.24. The first kappa shape index (κ1) is 28.0. The van der Waals surface area contributed by atoms with Gasteiger partial charge in [-0.25, -0.2) is 9.21 Å². The number of carboxylic acid groups (broad SMARTS) is 1. The molecule has 0 aliphatic carbocycles. The summed E-state index contributed by atoms with van der Waals surface area (Å²) in [6.07, 6.45) is 1.83. The Morgan fingerprint density at radius 2 is 1.19 bits per heavy atom.